The van der Waals surface area contributed by atoms with Gasteiger partial charge >= 0.3 is 0 Å². The van der Waals surface area contributed by atoms with Gasteiger partial charge in [-0.3, -0.25) is 4.99 Å². The van der Waals surface area contributed by atoms with Crippen LogP contribution in [-0.2, 0) is 4.74 Å². The Morgan fingerprint density at radius 3 is 2.44 bits per heavy atom. The van der Waals surface area contributed by atoms with Crippen LogP contribution < -0.4 is 10.6 Å². The zero-order chi connectivity index (χ0) is 11.7. The summed E-state index contributed by atoms with van der Waals surface area (Å²) in [6, 6.07) is 0. The molecule has 0 spiro atoms. The van der Waals surface area contributed by atoms with E-state index in [4.69, 9.17) is 4.74 Å². The number of thioether (sulfide) groups is 1. The standard InChI is InChI=1S/C10H23N3OS.HI/c1-10(2,14-4)8-13-9(11-3)12-6-7-15-5;/h6-8H2,1-5H3,(H2,11,12,13);1H. The van der Waals surface area contributed by atoms with E-state index in [1.807, 2.05) is 25.6 Å². The van der Waals surface area contributed by atoms with E-state index < -0.39 is 0 Å². The van der Waals surface area contributed by atoms with E-state index in [0.717, 1.165) is 24.8 Å². The lowest BCUT2D eigenvalue weighted by Gasteiger charge is -2.24. The zero-order valence-electron chi connectivity index (χ0n) is 10.8. The largest absolute Gasteiger partial charge is 0.377 e. The minimum absolute atomic E-state index is 0. The number of methoxy groups -OCH3 is 1. The summed E-state index contributed by atoms with van der Waals surface area (Å²) < 4.78 is 5.31. The van der Waals surface area contributed by atoms with Gasteiger partial charge in [-0.15, -0.1) is 24.0 Å². The second-order valence-corrected chi connectivity index (χ2v) is 4.79. The zero-order valence-corrected chi connectivity index (χ0v) is 13.9. The van der Waals surface area contributed by atoms with E-state index in [-0.39, 0.29) is 29.6 Å². The van der Waals surface area contributed by atoms with Crippen LogP contribution in [0.15, 0.2) is 4.99 Å². The number of hydrogen-bond acceptors (Lipinski definition) is 3. The Labute approximate surface area is 120 Å². The van der Waals surface area contributed by atoms with Crippen molar-refractivity contribution < 1.29 is 4.74 Å². The smallest absolute Gasteiger partial charge is 0.191 e. The van der Waals surface area contributed by atoms with Gasteiger partial charge in [-0.1, -0.05) is 0 Å². The molecule has 0 aliphatic carbocycles. The highest BCUT2D eigenvalue weighted by Gasteiger charge is 2.16. The number of ether oxygens (including phenoxy) is 1. The first-order valence-corrected chi connectivity index (χ1v) is 6.43. The van der Waals surface area contributed by atoms with Crippen molar-refractivity contribution in [2.45, 2.75) is 19.4 Å². The molecule has 0 aliphatic heterocycles. The molecule has 0 saturated heterocycles. The summed E-state index contributed by atoms with van der Waals surface area (Å²) in [7, 11) is 3.49. The average Bonchev–Trinajstić information content (AvgIpc) is 2.23. The highest BCUT2D eigenvalue weighted by molar-refractivity contribution is 14.0. The van der Waals surface area contributed by atoms with Gasteiger partial charge in [-0.2, -0.15) is 11.8 Å². The average molecular weight is 361 g/mol. The molecule has 2 N–H and O–H groups in total. The van der Waals surface area contributed by atoms with E-state index in [1.165, 1.54) is 0 Å². The van der Waals surface area contributed by atoms with Crippen molar-refractivity contribution in [2.75, 3.05) is 39.3 Å². The summed E-state index contributed by atoms with van der Waals surface area (Å²) in [6.07, 6.45) is 2.09. The molecule has 0 radical (unpaired) electrons. The Morgan fingerprint density at radius 1 is 1.38 bits per heavy atom. The summed E-state index contributed by atoms with van der Waals surface area (Å²) in [5.74, 6) is 1.91. The molecule has 0 aromatic rings. The van der Waals surface area contributed by atoms with Gasteiger partial charge in [0.25, 0.3) is 0 Å². The molecule has 98 valence electrons. The van der Waals surface area contributed by atoms with Gasteiger partial charge in [-0.05, 0) is 20.1 Å². The van der Waals surface area contributed by atoms with Crippen LogP contribution in [-0.4, -0.2) is 50.8 Å². The van der Waals surface area contributed by atoms with Gasteiger partial charge in [0.2, 0.25) is 0 Å². The SMILES string of the molecule is CN=C(NCCSC)NCC(C)(C)OC.I. The van der Waals surface area contributed by atoms with Crippen molar-refractivity contribution in [3.63, 3.8) is 0 Å². The topological polar surface area (TPSA) is 45.7 Å². The maximum absolute atomic E-state index is 5.31. The Bertz CT molecular complexity index is 201. The maximum atomic E-state index is 5.31. The van der Waals surface area contributed by atoms with Crippen molar-refractivity contribution in [2.24, 2.45) is 4.99 Å². The first-order valence-electron chi connectivity index (χ1n) is 5.04. The van der Waals surface area contributed by atoms with Crippen molar-refractivity contribution in [1.82, 2.24) is 10.6 Å². The maximum Gasteiger partial charge on any atom is 0.191 e. The van der Waals surface area contributed by atoms with Gasteiger partial charge in [0.1, 0.15) is 0 Å². The van der Waals surface area contributed by atoms with E-state index >= 15 is 0 Å². The predicted molar refractivity (Wildman–Crippen MR) is 84.2 cm³/mol. The number of aliphatic imine (C=N–C) groups is 1. The molecule has 0 rings (SSSR count). The number of halogens is 1. The van der Waals surface area contributed by atoms with Crippen molar-refractivity contribution in [1.29, 1.82) is 0 Å². The lowest BCUT2D eigenvalue weighted by Crippen LogP contribution is -2.45. The molecule has 0 heterocycles. The fraction of sp³-hybridized carbons (Fsp3) is 0.900. The number of nitrogens with zero attached hydrogens (tertiary/aromatic N) is 1. The van der Waals surface area contributed by atoms with Gasteiger partial charge in [0.15, 0.2) is 5.96 Å². The first-order chi connectivity index (χ1) is 7.05. The molecular formula is C10H24IN3OS. The van der Waals surface area contributed by atoms with Crippen molar-refractivity contribution in [3.8, 4) is 0 Å². The second-order valence-electron chi connectivity index (χ2n) is 3.81. The van der Waals surface area contributed by atoms with E-state index in [9.17, 15) is 0 Å². The molecule has 0 fully saturated rings. The number of hydrogen-bond donors (Lipinski definition) is 2. The lowest BCUT2D eigenvalue weighted by atomic mass is 10.1. The summed E-state index contributed by atoms with van der Waals surface area (Å²) in [5, 5.41) is 6.45. The van der Waals surface area contributed by atoms with Crippen LogP contribution in [0.3, 0.4) is 0 Å². The monoisotopic (exact) mass is 361 g/mol. The van der Waals surface area contributed by atoms with Crippen LogP contribution >= 0.6 is 35.7 Å². The van der Waals surface area contributed by atoms with Crippen LogP contribution in [0, 0.1) is 0 Å². The molecule has 0 amide bonds. The van der Waals surface area contributed by atoms with E-state index in [0.29, 0.717) is 0 Å². The van der Waals surface area contributed by atoms with Crippen LogP contribution in [0.2, 0.25) is 0 Å². The molecule has 0 unspecified atom stereocenters. The summed E-state index contributed by atoms with van der Waals surface area (Å²) in [5.41, 5.74) is -0.170. The second kappa shape index (κ2) is 10.5. The summed E-state index contributed by atoms with van der Waals surface area (Å²) in [6.45, 7) is 5.74. The normalized spacial score (nSPS) is 11.9. The Hall–Kier alpha value is 0.310. The molecular weight excluding hydrogens is 337 g/mol. The fourth-order valence-corrected chi connectivity index (χ4v) is 1.17. The Morgan fingerprint density at radius 2 is 2.00 bits per heavy atom. The van der Waals surface area contributed by atoms with E-state index in [2.05, 4.69) is 21.9 Å². The minimum atomic E-state index is -0.170. The third-order valence-corrected chi connectivity index (χ3v) is 2.67. The van der Waals surface area contributed by atoms with Crippen molar-refractivity contribution >= 4 is 41.7 Å². The predicted octanol–water partition coefficient (Wildman–Crippen LogP) is 1.56. The molecule has 0 aliphatic rings. The molecule has 0 saturated carbocycles. The third-order valence-electron chi connectivity index (χ3n) is 2.06. The van der Waals surface area contributed by atoms with Crippen LogP contribution in [0.1, 0.15) is 13.8 Å². The number of nitrogens with one attached hydrogen (secondary N) is 2. The van der Waals surface area contributed by atoms with Gasteiger partial charge in [0, 0.05) is 33.0 Å². The Kier molecular flexibility index (Phi) is 12.2. The molecule has 0 bridgehead atoms. The quantitative estimate of drug-likeness (QED) is 0.326. The highest BCUT2D eigenvalue weighted by atomic mass is 127. The molecule has 0 aromatic heterocycles. The summed E-state index contributed by atoms with van der Waals surface area (Å²) >= 11 is 1.81. The first kappa shape index (κ1) is 18.7. The molecule has 0 aromatic carbocycles. The van der Waals surface area contributed by atoms with Crippen LogP contribution in [0.25, 0.3) is 0 Å². The van der Waals surface area contributed by atoms with Gasteiger partial charge in [0.05, 0.1) is 5.60 Å². The molecule has 6 heteroatoms. The number of guanidine groups is 1. The number of rotatable bonds is 6. The molecule has 16 heavy (non-hydrogen) atoms. The summed E-state index contributed by atoms with van der Waals surface area (Å²) in [4.78, 5) is 4.13. The van der Waals surface area contributed by atoms with E-state index in [1.54, 1.807) is 14.2 Å². The minimum Gasteiger partial charge on any atom is -0.377 e. The van der Waals surface area contributed by atoms with Gasteiger partial charge in [-0.25, -0.2) is 0 Å². The third kappa shape index (κ3) is 9.53. The van der Waals surface area contributed by atoms with Gasteiger partial charge < -0.3 is 15.4 Å². The van der Waals surface area contributed by atoms with Crippen LogP contribution in [0.4, 0.5) is 0 Å². The van der Waals surface area contributed by atoms with Crippen LogP contribution in [0.5, 0.6) is 0 Å². The fourth-order valence-electron chi connectivity index (χ4n) is 0.861. The highest BCUT2D eigenvalue weighted by Crippen LogP contribution is 2.04. The molecule has 4 nitrogen and oxygen atoms in total. The Balaban J connectivity index is 0. The molecule has 0 atom stereocenters. The lowest BCUT2D eigenvalue weighted by molar-refractivity contribution is 0.0268. The van der Waals surface area contributed by atoms with Crippen molar-refractivity contribution in [3.05, 3.63) is 0 Å².